The van der Waals surface area contributed by atoms with Crippen molar-refractivity contribution in [1.29, 1.82) is 0 Å². The van der Waals surface area contributed by atoms with Gasteiger partial charge in [-0.15, -0.1) is 0 Å². The Morgan fingerprint density at radius 2 is 1.57 bits per heavy atom. The molecule has 2 aromatic carbocycles. The molecule has 0 spiro atoms. The summed E-state index contributed by atoms with van der Waals surface area (Å²) in [6, 6.07) is 12.4. The number of carbonyl (C=O) groups excluding carboxylic acids is 2. The normalized spacial score (nSPS) is 18.9. The Labute approximate surface area is 281 Å². The molecule has 2 N–H and O–H groups in total. The van der Waals surface area contributed by atoms with Gasteiger partial charge in [-0.3, -0.25) is 19.1 Å². The largest absolute Gasteiger partial charge is 0.416 e. The molecule has 3 heterocycles. The van der Waals surface area contributed by atoms with Crippen LogP contribution in [0.2, 0.25) is 0 Å². The number of nitrogens with zero attached hydrogens (tertiary/aromatic N) is 6. The lowest BCUT2D eigenvalue weighted by molar-refractivity contribution is -0.137. The molecule has 0 unspecified atom stereocenters. The van der Waals surface area contributed by atoms with Gasteiger partial charge in [0.15, 0.2) is 5.69 Å². The molecule has 0 bridgehead atoms. The molecule has 11 nitrogen and oxygen atoms in total. The Hall–Kier alpha value is -5.16. The van der Waals surface area contributed by atoms with E-state index >= 15 is 0 Å². The second-order valence-corrected chi connectivity index (χ2v) is 12.8. The number of hydrogen-bond donors (Lipinski definition) is 2. The quantitative estimate of drug-likeness (QED) is 0.265. The van der Waals surface area contributed by atoms with E-state index in [0.717, 1.165) is 42.7 Å². The first-order chi connectivity index (χ1) is 23.4. The molecule has 2 aromatic heterocycles. The van der Waals surface area contributed by atoms with Crippen molar-refractivity contribution in [2.75, 3.05) is 20.1 Å². The van der Waals surface area contributed by atoms with Gasteiger partial charge in [-0.2, -0.15) is 18.3 Å². The average molecular weight is 675 g/mol. The number of alkyl halides is 3. The molecular formula is C35H37F3N8O3. The van der Waals surface area contributed by atoms with Crippen LogP contribution < -0.4 is 16.2 Å². The van der Waals surface area contributed by atoms with Crippen molar-refractivity contribution in [2.45, 2.75) is 56.8 Å². The maximum absolute atomic E-state index is 14.1. The van der Waals surface area contributed by atoms with Crippen LogP contribution in [0.5, 0.6) is 0 Å². The second-order valence-electron chi connectivity index (χ2n) is 12.8. The molecule has 1 saturated carbocycles. The van der Waals surface area contributed by atoms with Crippen LogP contribution in [0.1, 0.15) is 54.4 Å². The molecule has 2 aliphatic rings. The van der Waals surface area contributed by atoms with E-state index in [1.165, 1.54) is 34.7 Å². The number of amides is 2. The van der Waals surface area contributed by atoms with Crippen molar-refractivity contribution in [3.05, 3.63) is 93.7 Å². The summed E-state index contributed by atoms with van der Waals surface area (Å²) in [7, 11) is 3.57. The highest BCUT2D eigenvalue weighted by Gasteiger charge is 2.34. The van der Waals surface area contributed by atoms with Gasteiger partial charge in [0.25, 0.3) is 11.5 Å². The number of piperidine rings is 1. The second kappa shape index (κ2) is 13.8. The molecule has 2 amide bonds. The minimum atomic E-state index is -4.65. The van der Waals surface area contributed by atoms with E-state index in [-0.39, 0.29) is 40.9 Å². The van der Waals surface area contributed by atoms with Gasteiger partial charge in [-0.1, -0.05) is 18.2 Å². The molecular weight excluding hydrogens is 637 g/mol. The predicted molar refractivity (Wildman–Crippen MR) is 177 cm³/mol. The third-order valence-corrected chi connectivity index (χ3v) is 9.52. The highest BCUT2D eigenvalue weighted by atomic mass is 19.4. The Kier molecular flexibility index (Phi) is 9.47. The van der Waals surface area contributed by atoms with Crippen molar-refractivity contribution in [2.24, 2.45) is 13.0 Å². The van der Waals surface area contributed by atoms with Crippen molar-refractivity contribution >= 4 is 17.5 Å². The molecule has 1 aliphatic carbocycles. The van der Waals surface area contributed by atoms with Gasteiger partial charge < -0.3 is 15.5 Å². The fraction of sp³-hybridized carbons (Fsp3) is 0.400. The SMILES string of the molecule is [C-]#[N+]c1ccc(-n2nccc2-c2c(C(=O)NC3CCC(C(=O)NC4CCN(C)CC4)CC3)c(=O)n(-c3cccc(C(F)(F)F)c3)n2C)cc1. The van der Waals surface area contributed by atoms with Gasteiger partial charge >= 0.3 is 6.18 Å². The van der Waals surface area contributed by atoms with Crippen molar-refractivity contribution in [3.8, 4) is 22.8 Å². The zero-order valence-corrected chi connectivity index (χ0v) is 27.2. The fourth-order valence-corrected chi connectivity index (χ4v) is 6.79. The summed E-state index contributed by atoms with van der Waals surface area (Å²) >= 11 is 0. The van der Waals surface area contributed by atoms with Crippen LogP contribution in [-0.4, -0.2) is 68.1 Å². The number of likely N-dealkylation sites (tertiary alicyclic amines) is 1. The first-order valence-corrected chi connectivity index (χ1v) is 16.3. The number of benzene rings is 2. The summed E-state index contributed by atoms with van der Waals surface area (Å²) in [5.41, 5.74) is -0.584. The van der Waals surface area contributed by atoms with E-state index < -0.39 is 23.2 Å². The average Bonchev–Trinajstić information content (AvgIpc) is 3.67. The first kappa shape index (κ1) is 33.7. The van der Waals surface area contributed by atoms with E-state index in [2.05, 4.69) is 32.5 Å². The maximum atomic E-state index is 14.1. The molecule has 49 heavy (non-hydrogen) atoms. The summed E-state index contributed by atoms with van der Waals surface area (Å²) < 4.78 is 44.9. The smallest absolute Gasteiger partial charge is 0.353 e. The lowest BCUT2D eigenvalue weighted by Crippen LogP contribution is -2.47. The predicted octanol–water partition coefficient (Wildman–Crippen LogP) is 5.10. The highest BCUT2D eigenvalue weighted by Crippen LogP contribution is 2.32. The molecule has 14 heteroatoms. The molecule has 0 atom stereocenters. The van der Waals surface area contributed by atoms with Crippen LogP contribution in [0.3, 0.4) is 0 Å². The van der Waals surface area contributed by atoms with Gasteiger partial charge in [-0.25, -0.2) is 14.2 Å². The topological polar surface area (TPSA) is 111 Å². The Bertz CT molecular complexity index is 1940. The molecule has 0 radical (unpaired) electrons. The van der Waals surface area contributed by atoms with Gasteiger partial charge in [0.1, 0.15) is 11.3 Å². The number of rotatable bonds is 7. The van der Waals surface area contributed by atoms with E-state index in [4.69, 9.17) is 6.57 Å². The number of halogens is 3. The van der Waals surface area contributed by atoms with Gasteiger partial charge in [0, 0.05) is 25.0 Å². The first-order valence-electron chi connectivity index (χ1n) is 16.3. The van der Waals surface area contributed by atoms with Crippen molar-refractivity contribution in [3.63, 3.8) is 0 Å². The highest BCUT2D eigenvalue weighted by molar-refractivity contribution is 6.00. The summed E-state index contributed by atoms with van der Waals surface area (Å²) in [4.78, 5) is 46.8. The van der Waals surface area contributed by atoms with Crippen LogP contribution in [0.15, 0.2) is 65.6 Å². The maximum Gasteiger partial charge on any atom is 0.416 e. The zero-order valence-electron chi connectivity index (χ0n) is 27.2. The van der Waals surface area contributed by atoms with E-state index in [9.17, 15) is 27.6 Å². The molecule has 1 saturated heterocycles. The fourth-order valence-electron chi connectivity index (χ4n) is 6.79. The molecule has 256 valence electrons. The Morgan fingerprint density at radius 3 is 2.22 bits per heavy atom. The van der Waals surface area contributed by atoms with Crippen LogP contribution in [0, 0.1) is 12.5 Å². The summed E-state index contributed by atoms with van der Waals surface area (Å²) in [5, 5.41) is 10.6. The van der Waals surface area contributed by atoms with E-state index in [0.29, 0.717) is 42.8 Å². The van der Waals surface area contributed by atoms with Crippen molar-refractivity contribution < 1.29 is 22.8 Å². The standard InChI is InChI=1S/C35H37F3N8O3/c1-39-24-11-13-27(14-12-24)45-29(15-18-40-45)31-30(34(49)46(44(31)3)28-6-4-5-23(21-28)35(36,37)38)33(48)42-25-9-7-22(8-10-25)32(47)41-26-16-19-43(2)20-17-26/h4-6,11-15,18,21-22,25-26H,7-10,16-17,19-20H2,2-3H3,(H,41,47)(H,42,48). The minimum Gasteiger partial charge on any atom is -0.353 e. The van der Waals surface area contributed by atoms with Gasteiger partial charge in [0.05, 0.1) is 35.4 Å². The third kappa shape index (κ3) is 7.03. The molecule has 1 aliphatic heterocycles. The third-order valence-electron chi connectivity index (χ3n) is 9.52. The van der Waals surface area contributed by atoms with Gasteiger partial charge in [-0.05, 0) is 95.1 Å². The monoisotopic (exact) mass is 674 g/mol. The summed E-state index contributed by atoms with van der Waals surface area (Å²) in [5.74, 6) is -0.801. The number of aromatic nitrogens is 4. The van der Waals surface area contributed by atoms with Crippen LogP contribution in [-0.2, 0) is 18.0 Å². The Morgan fingerprint density at radius 1 is 0.898 bits per heavy atom. The van der Waals surface area contributed by atoms with Crippen LogP contribution >= 0.6 is 0 Å². The number of carbonyl (C=O) groups is 2. The number of hydrogen-bond acceptors (Lipinski definition) is 5. The lowest BCUT2D eigenvalue weighted by Gasteiger charge is -2.32. The summed E-state index contributed by atoms with van der Waals surface area (Å²) in [6.45, 7) is 9.13. The summed E-state index contributed by atoms with van der Waals surface area (Å²) in [6.07, 6.45) is 0.891. The molecule has 2 fully saturated rings. The molecule has 4 aromatic rings. The van der Waals surface area contributed by atoms with E-state index in [1.54, 1.807) is 30.3 Å². The van der Waals surface area contributed by atoms with Crippen LogP contribution in [0.25, 0.3) is 27.6 Å². The van der Waals surface area contributed by atoms with E-state index in [1.807, 2.05) is 0 Å². The van der Waals surface area contributed by atoms with Crippen LogP contribution in [0.4, 0.5) is 18.9 Å². The Balaban J connectivity index is 1.30. The van der Waals surface area contributed by atoms with Gasteiger partial charge in [0.2, 0.25) is 5.91 Å². The lowest BCUT2D eigenvalue weighted by atomic mass is 9.85. The molecule has 6 rings (SSSR count). The zero-order chi connectivity index (χ0) is 34.9. The number of nitrogens with one attached hydrogen (secondary N) is 2. The van der Waals surface area contributed by atoms with Crippen molar-refractivity contribution in [1.82, 2.24) is 34.7 Å². The minimum absolute atomic E-state index is 0.0336.